The zero-order valence-electron chi connectivity index (χ0n) is 10.9. The van der Waals surface area contributed by atoms with Gasteiger partial charge in [-0.2, -0.15) is 10.5 Å². The van der Waals surface area contributed by atoms with Gasteiger partial charge in [0.15, 0.2) is 11.4 Å². The van der Waals surface area contributed by atoms with E-state index in [1.165, 1.54) is 6.33 Å². The van der Waals surface area contributed by atoms with Crippen LogP contribution >= 0.6 is 0 Å². The predicted octanol–water partition coefficient (Wildman–Crippen LogP) is 2.96. The molecule has 0 aliphatic rings. The Morgan fingerprint density at radius 3 is 2.25 bits per heavy atom. The minimum Gasteiger partial charge on any atom is -0.317 e. The van der Waals surface area contributed by atoms with E-state index < -0.39 is 0 Å². The zero-order chi connectivity index (χ0) is 14.5. The Morgan fingerprint density at radius 2 is 1.75 bits per heavy atom. The van der Waals surface area contributed by atoms with Crippen LogP contribution in [0, 0.1) is 22.7 Å². The third-order valence-corrected chi connectivity index (χ3v) is 2.91. The summed E-state index contributed by atoms with van der Waals surface area (Å²) in [7, 11) is 0. The molecule has 2 aromatic rings. The minimum absolute atomic E-state index is 0.149. The standard InChI is InChI=1S/C16H12N4/c1-3-12-5-13(4-2)7-14(6-12)10-20-11-19-15(8-17)16(20)9-18/h3-7,11H,1-2,10H2. The highest BCUT2D eigenvalue weighted by molar-refractivity contribution is 5.57. The number of hydrogen-bond acceptors (Lipinski definition) is 3. The third kappa shape index (κ3) is 2.50. The highest BCUT2D eigenvalue weighted by atomic mass is 15.1. The molecule has 0 N–H and O–H groups in total. The van der Waals surface area contributed by atoms with Gasteiger partial charge < -0.3 is 4.57 Å². The predicted molar refractivity (Wildman–Crippen MR) is 77.4 cm³/mol. The lowest BCUT2D eigenvalue weighted by Gasteiger charge is -2.07. The molecule has 0 fully saturated rings. The van der Waals surface area contributed by atoms with Gasteiger partial charge in [-0.15, -0.1) is 0 Å². The second-order valence-electron chi connectivity index (χ2n) is 4.21. The molecule has 0 saturated carbocycles. The van der Waals surface area contributed by atoms with Gasteiger partial charge in [-0.3, -0.25) is 0 Å². The van der Waals surface area contributed by atoms with E-state index in [1.54, 1.807) is 16.7 Å². The molecule has 0 radical (unpaired) electrons. The lowest BCUT2D eigenvalue weighted by atomic mass is 10.1. The van der Waals surface area contributed by atoms with E-state index >= 15 is 0 Å². The van der Waals surface area contributed by atoms with E-state index in [9.17, 15) is 0 Å². The minimum atomic E-state index is 0.149. The van der Waals surface area contributed by atoms with Crippen LogP contribution in [-0.2, 0) is 6.54 Å². The lowest BCUT2D eigenvalue weighted by molar-refractivity contribution is 0.785. The van der Waals surface area contributed by atoms with Crippen molar-refractivity contribution in [1.29, 1.82) is 10.5 Å². The summed E-state index contributed by atoms with van der Waals surface area (Å²) < 4.78 is 1.66. The molecule has 1 aromatic carbocycles. The number of aromatic nitrogens is 2. The molecule has 0 aliphatic carbocycles. The van der Waals surface area contributed by atoms with Gasteiger partial charge in [0, 0.05) is 6.54 Å². The van der Waals surface area contributed by atoms with Gasteiger partial charge in [0.1, 0.15) is 12.1 Å². The maximum absolute atomic E-state index is 9.10. The van der Waals surface area contributed by atoms with Crippen molar-refractivity contribution in [3.8, 4) is 12.1 Å². The van der Waals surface area contributed by atoms with Gasteiger partial charge in [0.2, 0.25) is 0 Å². The molecule has 0 spiro atoms. The van der Waals surface area contributed by atoms with E-state index in [-0.39, 0.29) is 11.4 Å². The van der Waals surface area contributed by atoms with Crippen LogP contribution in [0.25, 0.3) is 12.2 Å². The van der Waals surface area contributed by atoms with Crippen LogP contribution in [0.2, 0.25) is 0 Å². The van der Waals surface area contributed by atoms with Gasteiger partial charge in [-0.25, -0.2) is 4.98 Å². The van der Waals surface area contributed by atoms with Crippen molar-refractivity contribution in [2.24, 2.45) is 0 Å². The Bertz CT molecular complexity index is 728. The summed E-state index contributed by atoms with van der Waals surface area (Å²) in [6.07, 6.45) is 5.03. The Balaban J connectivity index is 2.43. The molecule has 96 valence electrons. The second-order valence-corrected chi connectivity index (χ2v) is 4.21. The fourth-order valence-corrected chi connectivity index (χ4v) is 1.97. The average Bonchev–Trinajstić information content (AvgIpc) is 2.88. The van der Waals surface area contributed by atoms with E-state index in [4.69, 9.17) is 10.5 Å². The first kappa shape index (κ1) is 13.3. The van der Waals surface area contributed by atoms with Crippen molar-refractivity contribution in [3.05, 3.63) is 65.8 Å². The van der Waals surface area contributed by atoms with Crippen molar-refractivity contribution in [3.63, 3.8) is 0 Å². The molecular formula is C16H12N4. The number of nitriles is 2. The molecule has 0 saturated heterocycles. The highest BCUT2D eigenvalue weighted by Gasteiger charge is 2.10. The molecule has 0 bridgehead atoms. The Hall–Kier alpha value is -3.11. The van der Waals surface area contributed by atoms with Crippen molar-refractivity contribution in [1.82, 2.24) is 9.55 Å². The normalized spacial score (nSPS) is 9.50. The van der Waals surface area contributed by atoms with Crippen LogP contribution in [0.15, 0.2) is 37.7 Å². The van der Waals surface area contributed by atoms with Crippen molar-refractivity contribution < 1.29 is 0 Å². The highest BCUT2D eigenvalue weighted by Crippen LogP contribution is 2.15. The molecule has 20 heavy (non-hydrogen) atoms. The maximum Gasteiger partial charge on any atom is 0.176 e. The fraction of sp³-hybridized carbons (Fsp3) is 0.0625. The molecule has 0 aliphatic heterocycles. The first-order chi connectivity index (χ1) is 9.71. The topological polar surface area (TPSA) is 65.4 Å². The molecule has 4 heteroatoms. The zero-order valence-corrected chi connectivity index (χ0v) is 10.9. The SMILES string of the molecule is C=Cc1cc(C=C)cc(Cn2cnc(C#N)c2C#N)c1. The number of nitrogens with zero attached hydrogens (tertiary/aromatic N) is 4. The molecule has 0 atom stereocenters. The van der Waals surface area contributed by atoms with Gasteiger partial charge >= 0.3 is 0 Å². The number of hydrogen-bond donors (Lipinski definition) is 0. The van der Waals surface area contributed by atoms with Crippen LogP contribution in [-0.4, -0.2) is 9.55 Å². The van der Waals surface area contributed by atoms with Gasteiger partial charge in [-0.05, 0) is 34.9 Å². The number of rotatable bonds is 4. The average molecular weight is 260 g/mol. The Morgan fingerprint density at radius 1 is 1.10 bits per heavy atom. The van der Waals surface area contributed by atoms with E-state index in [0.717, 1.165) is 16.7 Å². The van der Waals surface area contributed by atoms with Crippen LogP contribution in [0.4, 0.5) is 0 Å². The summed E-state index contributed by atoms with van der Waals surface area (Å²) in [5.41, 5.74) is 3.39. The smallest absolute Gasteiger partial charge is 0.176 e. The van der Waals surface area contributed by atoms with E-state index in [0.29, 0.717) is 6.54 Å². The molecule has 0 amide bonds. The molecule has 2 rings (SSSR count). The van der Waals surface area contributed by atoms with Gasteiger partial charge in [0.25, 0.3) is 0 Å². The molecule has 0 unspecified atom stereocenters. The summed E-state index contributed by atoms with van der Waals surface area (Å²) in [6, 6.07) is 9.86. The molecule has 1 heterocycles. The van der Waals surface area contributed by atoms with Gasteiger partial charge in [0.05, 0.1) is 6.33 Å². The third-order valence-electron chi connectivity index (χ3n) is 2.91. The number of imidazole rings is 1. The first-order valence-electron chi connectivity index (χ1n) is 5.96. The largest absolute Gasteiger partial charge is 0.317 e. The van der Waals surface area contributed by atoms with Crippen LogP contribution in [0.3, 0.4) is 0 Å². The summed E-state index contributed by atoms with van der Waals surface area (Å²) in [6.45, 7) is 7.99. The van der Waals surface area contributed by atoms with Crippen LogP contribution in [0.5, 0.6) is 0 Å². The Labute approximate surface area is 117 Å². The summed E-state index contributed by atoms with van der Waals surface area (Å²) >= 11 is 0. The van der Waals surface area contributed by atoms with Crippen LogP contribution < -0.4 is 0 Å². The number of benzene rings is 1. The summed E-state index contributed by atoms with van der Waals surface area (Å²) in [5, 5.41) is 18.0. The molecule has 4 nitrogen and oxygen atoms in total. The van der Waals surface area contributed by atoms with Crippen molar-refractivity contribution >= 4 is 12.2 Å². The summed E-state index contributed by atoms with van der Waals surface area (Å²) in [4.78, 5) is 3.93. The van der Waals surface area contributed by atoms with E-state index in [2.05, 4.69) is 18.1 Å². The quantitative estimate of drug-likeness (QED) is 0.848. The maximum atomic E-state index is 9.10. The van der Waals surface area contributed by atoms with E-state index in [1.807, 2.05) is 30.3 Å². The lowest BCUT2D eigenvalue weighted by Crippen LogP contribution is -2.02. The molecular weight excluding hydrogens is 248 g/mol. The van der Waals surface area contributed by atoms with Crippen molar-refractivity contribution in [2.75, 3.05) is 0 Å². The fourth-order valence-electron chi connectivity index (χ4n) is 1.97. The van der Waals surface area contributed by atoms with Crippen LogP contribution in [0.1, 0.15) is 28.1 Å². The Kier molecular flexibility index (Phi) is 3.79. The second kappa shape index (κ2) is 5.69. The monoisotopic (exact) mass is 260 g/mol. The molecule has 1 aromatic heterocycles. The first-order valence-corrected chi connectivity index (χ1v) is 5.96. The van der Waals surface area contributed by atoms with Crippen molar-refractivity contribution in [2.45, 2.75) is 6.54 Å². The summed E-state index contributed by atoms with van der Waals surface area (Å²) in [5.74, 6) is 0. The van der Waals surface area contributed by atoms with Gasteiger partial charge in [-0.1, -0.05) is 25.3 Å².